The number of carbonyl (C=O) groups is 2. The van der Waals surface area contributed by atoms with Crippen molar-refractivity contribution in [1.29, 1.82) is 0 Å². The van der Waals surface area contributed by atoms with Gasteiger partial charge in [0.1, 0.15) is 0 Å². The van der Waals surface area contributed by atoms with Gasteiger partial charge in [0.25, 0.3) is 0 Å². The van der Waals surface area contributed by atoms with E-state index in [-0.39, 0.29) is 23.7 Å². The molecule has 0 heterocycles. The van der Waals surface area contributed by atoms with Crippen LogP contribution < -0.4 is 0 Å². The lowest BCUT2D eigenvalue weighted by Gasteiger charge is -2.32. The van der Waals surface area contributed by atoms with Crippen LogP contribution in [-0.4, -0.2) is 35.5 Å². The lowest BCUT2D eigenvalue weighted by Crippen LogP contribution is -2.43. The first-order chi connectivity index (χ1) is 10.1. The second kappa shape index (κ2) is 5.82. The van der Waals surface area contributed by atoms with Crippen LogP contribution >= 0.6 is 0 Å². The number of hydrogen-bond donors (Lipinski definition) is 1. The van der Waals surface area contributed by atoms with Crippen LogP contribution in [0.15, 0.2) is 12.2 Å². The minimum Gasteiger partial charge on any atom is -0.481 e. The molecule has 2 fully saturated rings. The molecule has 0 radical (unpaired) electrons. The summed E-state index contributed by atoms with van der Waals surface area (Å²) in [4.78, 5) is 26.1. The Labute approximate surface area is 126 Å². The minimum atomic E-state index is -0.809. The minimum absolute atomic E-state index is 0.0461. The monoisotopic (exact) mass is 291 g/mol. The molecule has 0 aromatic carbocycles. The smallest absolute Gasteiger partial charge is 0.307 e. The molecule has 21 heavy (non-hydrogen) atoms. The van der Waals surface area contributed by atoms with Crippen molar-refractivity contribution >= 4 is 11.9 Å². The molecule has 0 aromatic rings. The summed E-state index contributed by atoms with van der Waals surface area (Å²) in [5, 5.41) is 9.45. The Hall–Kier alpha value is -1.32. The molecule has 2 saturated carbocycles. The highest BCUT2D eigenvalue weighted by Gasteiger charge is 2.52. The van der Waals surface area contributed by atoms with Crippen molar-refractivity contribution in [3.8, 4) is 0 Å². The first kappa shape index (κ1) is 14.6. The molecule has 4 atom stereocenters. The number of hydrogen-bond acceptors (Lipinski definition) is 2. The van der Waals surface area contributed by atoms with Gasteiger partial charge in [-0.15, -0.1) is 0 Å². The van der Waals surface area contributed by atoms with Crippen LogP contribution in [0.4, 0.5) is 0 Å². The van der Waals surface area contributed by atoms with Crippen LogP contribution in [-0.2, 0) is 9.59 Å². The van der Waals surface area contributed by atoms with Gasteiger partial charge in [0.05, 0.1) is 11.8 Å². The van der Waals surface area contributed by atoms with Crippen molar-refractivity contribution in [3.05, 3.63) is 12.2 Å². The zero-order valence-electron chi connectivity index (χ0n) is 12.7. The Morgan fingerprint density at radius 3 is 2.33 bits per heavy atom. The summed E-state index contributed by atoms with van der Waals surface area (Å²) in [6.07, 6.45) is 11.1. The Bertz CT molecular complexity index is 453. The van der Waals surface area contributed by atoms with E-state index in [0.29, 0.717) is 5.92 Å². The molecule has 4 unspecified atom stereocenters. The van der Waals surface area contributed by atoms with E-state index in [1.807, 2.05) is 18.0 Å². The van der Waals surface area contributed by atoms with Crippen molar-refractivity contribution in [1.82, 2.24) is 4.90 Å². The summed E-state index contributed by atoms with van der Waals surface area (Å²) in [7, 11) is 1.85. The van der Waals surface area contributed by atoms with Crippen LogP contribution in [0.25, 0.3) is 0 Å². The van der Waals surface area contributed by atoms with Gasteiger partial charge in [0.15, 0.2) is 0 Å². The highest BCUT2D eigenvalue weighted by molar-refractivity contribution is 5.86. The zero-order chi connectivity index (χ0) is 15.0. The predicted molar refractivity (Wildman–Crippen MR) is 79.6 cm³/mol. The molecule has 3 rings (SSSR count). The van der Waals surface area contributed by atoms with Gasteiger partial charge in [-0.25, -0.2) is 0 Å². The first-order valence-electron chi connectivity index (χ1n) is 8.24. The third kappa shape index (κ3) is 2.72. The Morgan fingerprint density at radius 2 is 1.71 bits per heavy atom. The maximum Gasteiger partial charge on any atom is 0.307 e. The average Bonchev–Trinajstić information content (AvgIpc) is 3.08. The summed E-state index contributed by atoms with van der Waals surface area (Å²) < 4.78 is 0. The van der Waals surface area contributed by atoms with Gasteiger partial charge in [-0.2, -0.15) is 0 Å². The molecule has 4 heteroatoms. The second-order valence-electron chi connectivity index (χ2n) is 7.06. The molecule has 116 valence electrons. The number of allylic oxidation sites excluding steroid dienone is 2. The van der Waals surface area contributed by atoms with E-state index < -0.39 is 11.9 Å². The fraction of sp³-hybridized carbons (Fsp3) is 0.765. The lowest BCUT2D eigenvalue weighted by molar-refractivity contribution is -0.150. The van der Waals surface area contributed by atoms with Crippen LogP contribution in [0.2, 0.25) is 0 Å². The van der Waals surface area contributed by atoms with Gasteiger partial charge < -0.3 is 10.0 Å². The van der Waals surface area contributed by atoms with E-state index in [1.165, 1.54) is 32.1 Å². The number of rotatable bonds is 4. The number of carboxylic acids is 1. The van der Waals surface area contributed by atoms with Crippen LogP contribution in [0.3, 0.4) is 0 Å². The predicted octanol–water partition coefficient (Wildman–Crippen LogP) is 2.55. The molecule has 0 spiro atoms. The maximum atomic E-state index is 12.8. The average molecular weight is 291 g/mol. The molecular weight excluding hydrogens is 266 g/mol. The van der Waals surface area contributed by atoms with Crippen molar-refractivity contribution in [3.63, 3.8) is 0 Å². The summed E-state index contributed by atoms with van der Waals surface area (Å²) in [6, 6.07) is 0. The third-order valence-corrected chi connectivity index (χ3v) is 5.66. The van der Waals surface area contributed by atoms with Crippen molar-refractivity contribution < 1.29 is 14.7 Å². The highest BCUT2D eigenvalue weighted by atomic mass is 16.4. The Morgan fingerprint density at radius 1 is 1.10 bits per heavy atom. The van der Waals surface area contributed by atoms with Gasteiger partial charge in [0.2, 0.25) is 5.91 Å². The highest BCUT2D eigenvalue weighted by Crippen LogP contribution is 2.48. The topological polar surface area (TPSA) is 57.6 Å². The number of nitrogens with zero attached hydrogens (tertiary/aromatic N) is 1. The lowest BCUT2D eigenvalue weighted by atomic mass is 9.81. The zero-order valence-corrected chi connectivity index (χ0v) is 12.7. The number of carboxylic acid groups (broad SMARTS) is 1. The fourth-order valence-corrected chi connectivity index (χ4v) is 4.60. The van der Waals surface area contributed by atoms with Gasteiger partial charge in [0, 0.05) is 13.6 Å². The van der Waals surface area contributed by atoms with Gasteiger partial charge in [-0.05, 0) is 37.0 Å². The van der Waals surface area contributed by atoms with Gasteiger partial charge in [-0.1, -0.05) is 31.4 Å². The number of amides is 1. The van der Waals surface area contributed by atoms with Crippen molar-refractivity contribution in [2.75, 3.05) is 13.6 Å². The third-order valence-electron chi connectivity index (χ3n) is 5.66. The largest absolute Gasteiger partial charge is 0.481 e. The summed E-state index contributed by atoms with van der Waals surface area (Å²) in [5.41, 5.74) is 0. The maximum absolute atomic E-state index is 12.8. The van der Waals surface area contributed by atoms with Crippen molar-refractivity contribution in [2.45, 2.75) is 38.5 Å². The Kier molecular flexibility index (Phi) is 4.05. The molecule has 3 aliphatic carbocycles. The summed E-state index contributed by atoms with van der Waals surface area (Å²) in [5.74, 6) is -0.819. The van der Waals surface area contributed by atoms with Gasteiger partial charge in [-0.3, -0.25) is 9.59 Å². The molecule has 0 saturated heterocycles. The first-order valence-corrected chi connectivity index (χ1v) is 8.24. The van der Waals surface area contributed by atoms with Crippen molar-refractivity contribution in [2.24, 2.45) is 29.6 Å². The standard InChI is InChI=1S/C17H25NO3/c1-18(10-11-5-3-2-4-6-11)16(19)14-12-7-8-13(9-12)15(14)17(20)21/h7-8,11-15H,2-6,9-10H2,1H3,(H,20,21). The van der Waals surface area contributed by atoms with E-state index in [9.17, 15) is 14.7 Å². The van der Waals surface area contributed by atoms with E-state index in [4.69, 9.17) is 0 Å². The summed E-state index contributed by atoms with van der Waals surface area (Å²) in [6.45, 7) is 0.794. The second-order valence-corrected chi connectivity index (χ2v) is 7.06. The molecule has 0 aromatic heterocycles. The molecule has 4 nitrogen and oxygen atoms in total. The normalized spacial score (nSPS) is 35.1. The number of carbonyl (C=O) groups excluding carboxylic acids is 1. The molecule has 0 aliphatic heterocycles. The number of fused-ring (bicyclic) bond motifs is 2. The quantitative estimate of drug-likeness (QED) is 0.810. The van der Waals surface area contributed by atoms with E-state index in [0.717, 1.165) is 13.0 Å². The molecule has 1 amide bonds. The molecule has 3 aliphatic rings. The SMILES string of the molecule is CN(CC1CCCCC1)C(=O)C1C2C=CC(C2)C1C(=O)O. The molecular formula is C17H25NO3. The van der Waals surface area contributed by atoms with E-state index in [1.54, 1.807) is 0 Å². The van der Waals surface area contributed by atoms with Gasteiger partial charge >= 0.3 is 5.97 Å². The van der Waals surface area contributed by atoms with E-state index >= 15 is 0 Å². The van der Waals surface area contributed by atoms with Crippen LogP contribution in [0.1, 0.15) is 38.5 Å². The number of aliphatic carboxylic acids is 1. The summed E-state index contributed by atoms with van der Waals surface area (Å²) >= 11 is 0. The van der Waals surface area contributed by atoms with Crippen LogP contribution in [0.5, 0.6) is 0 Å². The fourth-order valence-electron chi connectivity index (χ4n) is 4.60. The molecule has 2 bridgehead atoms. The van der Waals surface area contributed by atoms with Crippen LogP contribution in [0, 0.1) is 29.6 Å². The molecule has 1 N–H and O–H groups in total. The van der Waals surface area contributed by atoms with E-state index in [2.05, 4.69) is 6.08 Å². The Balaban J connectivity index is 1.66.